The highest BCUT2D eigenvalue weighted by Gasteiger charge is 2.54. The average molecular weight is 511 g/mol. The largest absolute Gasteiger partial charge is 0.506 e. The van der Waals surface area contributed by atoms with E-state index >= 15 is 0 Å². The Balaban J connectivity index is 2.84. The van der Waals surface area contributed by atoms with Crippen molar-refractivity contribution in [2.75, 3.05) is 0 Å². The third-order valence-electron chi connectivity index (χ3n) is 7.35. The maximum atomic E-state index is 14.5. The van der Waals surface area contributed by atoms with Crippen LogP contribution in [0.3, 0.4) is 0 Å². The summed E-state index contributed by atoms with van der Waals surface area (Å²) in [7, 11) is 0. The number of aliphatic hydroxyl groups excluding tert-OH is 1. The molecule has 0 fully saturated rings. The number of rotatable bonds is 11. The normalized spacial score (nSPS) is 22.7. The maximum Gasteiger partial charge on any atom is 0.330 e. The molecule has 6 nitrogen and oxygen atoms in total. The molecule has 3 atom stereocenters. The van der Waals surface area contributed by atoms with E-state index in [1.54, 1.807) is 19.1 Å². The second kappa shape index (κ2) is 11.5. The van der Waals surface area contributed by atoms with Gasteiger partial charge in [-0.25, -0.2) is 4.79 Å². The summed E-state index contributed by atoms with van der Waals surface area (Å²) in [5.74, 6) is -2.53. The zero-order valence-corrected chi connectivity index (χ0v) is 23.5. The number of Topliss-reactive ketones (excluding diaryl/α,β-unsaturated/α-hetero) is 2. The quantitative estimate of drug-likeness (QED) is 0.177. The van der Waals surface area contributed by atoms with Gasteiger partial charge in [0, 0.05) is 11.5 Å². The van der Waals surface area contributed by atoms with Crippen LogP contribution in [-0.2, 0) is 19.1 Å². The fraction of sp³-hybridized carbons (Fsp3) is 0.516. The monoisotopic (exact) mass is 510 g/mol. The number of carboxylic acids is 1. The lowest BCUT2D eigenvalue weighted by Crippen LogP contribution is -2.46. The number of carbonyl (C=O) groups is 3. The molecular formula is C31H42O6. The van der Waals surface area contributed by atoms with Crippen LogP contribution < -0.4 is 0 Å². The molecule has 1 aliphatic heterocycles. The van der Waals surface area contributed by atoms with Crippen LogP contribution in [0, 0.1) is 17.3 Å². The van der Waals surface area contributed by atoms with Gasteiger partial charge in [-0.05, 0) is 85.3 Å². The van der Waals surface area contributed by atoms with Crippen molar-refractivity contribution in [1.82, 2.24) is 0 Å². The molecule has 0 saturated carbocycles. The molecule has 1 heterocycles. The van der Waals surface area contributed by atoms with Crippen molar-refractivity contribution >= 4 is 17.5 Å². The fourth-order valence-electron chi connectivity index (χ4n) is 4.62. The van der Waals surface area contributed by atoms with E-state index in [-0.39, 0.29) is 41.4 Å². The van der Waals surface area contributed by atoms with Gasteiger partial charge in [-0.15, -0.1) is 0 Å². The Hall–Kier alpha value is -3.15. The zero-order valence-electron chi connectivity index (χ0n) is 23.5. The summed E-state index contributed by atoms with van der Waals surface area (Å²) in [4.78, 5) is 39.3. The van der Waals surface area contributed by atoms with E-state index in [2.05, 4.69) is 6.58 Å². The Bertz CT molecular complexity index is 1140. The van der Waals surface area contributed by atoms with Crippen molar-refractivity contribution < 1.29 is 29.3 Å². The van der Waals surface area contributed by atoms with Crippen LogP contribution >= 0.6 is 0 Å². The van der Waals surface area contributed by atoms with E-state index in [0.29, 0.717) is 24.2 Å². The number of allylic oxidation sites excluding steroid dienone is 7. The number of carbonyl (C=O) groups excluding carboxylic acids is 2. The minimum atomic E-state index is -1.27. The van der Waals surface area contributed by atoms with Crippen LogP contribution in [0.15, 0.2) is 70.3 Å². The molecule has 0 aromatic heterocycles. The molecule has 0 amide bonds. The molecule has 202 valence electrons. The van der Waals surface area contributed by atoms with E-state index in [1.807, 2.05) is 53.7 Å². The highest BCUT2D eigenvalue weighted by atomic mass is 16.5. The zero-order chi connectivity index (χ0) is 28.3. The number of carboxylic acid groups (broad SMARTS) is 1. The highest BCUT2D eigenvalue weighted by Crippen LogP contribution is 2.52. The van der Waals surface area contributed by atoms with Crippen LogP contribution in [0.2, 0.25) is 0 Å². The lowest BCUT2D eigenvalue weighted by molar-refractivity contribution is -0.133. The van der Waals surface area contributed by atoms with Gasteiger partial charge in [0.2, 0.25) is 0 Å². The van der Waals surface area contributed by atoms with Gasteiger partial charge < -0.3 is 14.9 Å². The number of hydrogen-bond donors (Lipinski definition) is 2. The molecule has 2 rings (SSSR count). The van der Waals surface area contributed by atoms with Gasteiger partial charge >= 0.3 is 5.97 Å². The van der Waals surface area contributed by atoms with Crippen molar-refractivity contribution in [3.8, 4) is 0 Å². The molecule has 0 spiro atoms. The fourth-order valence-corrected chi connectivity index (χ4v) is 4.62. The summed E-state index contributed by atoms with van der Waals surface area (Å²) < 4.78 is 6.42. The van der Waals surface area contributed by atoms with E-state index in [0.717, 1.165) is 11.1 Å². The lowest BCUT2D eigenvalue weighted by atomic mass is 9.63. The Labute approximate surface area is 221 Å². The predicted molar refractivity (Wildman–Crippen MR) is 146 cm³/mol. The summed E-state index contributed by atoms with van der Waals surface area (Å²) in [6.07, 6.45) is 8.57. The molecular weight excluding hydrogens is 468 g/mol. The van der Waals surface area contributed by atoms with Crippen LogP contribution in [0.4, 0.5) is 0 Å². The topological polar surface area (TPSA) is 101 Å². The van der Waals surface area contributed by atoms with Gasteiger partial charge in [-0.1, -0.05) is 43.7 Å². The molecule has 6 heteroatoms. The van der Waals surface area contributed by atoms with E-state index in [1.165, 1.54) is 6.92 Å². The summed E-state index contributed by atoms with van der Waals surface area (Å²) in [5.41, 5.74) is 0.177. The standard InChI is InChI=1S/C31H42O6/c1-10-20(6)25(32)24-26(33)23-14-15-30(8,9)37-28(23)31(27(24)34,16-13-18(2)3)17-22(19(4)5)12-11-21(7)29(35)36/h11,13-15,20,22,33H,4,10,12,16-17H2,1-3,5-9H3,(H,35,36). The smallest absolute Gasteiger partial charge is 0.330 e. The number of aliphatic carboxylic acids is 1. The van der Waals surface area contributed by atoms with Gasteiger partial charge in [-0.2, -0.15) is 0 Å². The van der Waals surface area contributed by atoms with Gasteiger partial charge in [0.15, 0.2) is 11.6 Å². The second-order valence-electron chi connectivity index (χ2n) is 11.3. The Morgan fingerprint density at radius 2 is 1.78 bits per heavy atom. The summed E-state index contributed by atoms with van der Waals surface area (Å²) in [6.45, 7) is 18.8. The van der Waals surface area contributed by atoms with E-state index in [4.69, 9.17) is 4.74 Å². The molecule has 0 aromatic carbocycles. The van der Waals surface area contributed by atoms with Crippen molar-refractivity contribution in [3.05, 3.63) is 70.3 Å². The van der Waals surface area contributed by atoms with Crippen LogP contribution in [-0.4, -0.2) is 33.3 Å². The number of hydrogen-bond acceptors (Lipinski definition) is 5. The molecule has 0 radical (unpaired) electrons. The molecule has 1 aliphatic carbocycles. The van der Waals surface area contributed by atoms with Crippen molar-refractivity contribution in [2.24, 2.45) is 17.3 Å². The van der Waals surface area contributed by atoms with Gasteiger partial charge in [0.25, 0.3) is 0 Å². The van der Waals surface area contributed by atoms with Crippen LogP contribution in [0.25, 0.3) is 0 Å². The second-order valence-corrected chi connectivity index (χ2v) is 11.3. The van der Waals surface area contributed by atoms with Crippen LogP contribution in [0.5, 0.6) is 0 Å². The first-order valence-corrected chi connectivity index (χ1v) is 12.9. The molecule has 37 heavy (non-hydrogen) atoms. The Morgan fingerprint density at radius 3 is 2.30 bits per heavy atom. The number of ether oxygens (including phenoxy) is 1. The SMILES string of the molecule is C=C(C)C(CC=C(C)C(=O)O)CC1(CC=C(C)C)C(=O)C(C(=O)C(C)CC)=C(O)C2=C1OC(C)(C)C=C2. The number of aliphatic hydroxyl groups is 1. The van der Waals surface area contributed by atoms with Gasteiger partial charge in [0.05, 0.1) is 11.0 Å². The van der Waals surface area contributed by atoms with Crippen LogP contribution in [0.1, 0.15) is 81.1 Å². The first-order chi connectivity index (χ1) is 17.1. The maximum absolute atomic E-state index is 14.5. The summed E-state index contributed by atoms with van der Waals surface area (Å²) >= 11 is 0. The molecule has 0 bridgehead atoms. The molecule has 3 unspecified atom stereocenters. The average Bonchev–Trinajstić information content (AvgIpc) is 2.81. The first kappa shape index (κ1) is 30.1. The highest BCUT2D eigenvalue weighted by molar-refractivity contribution is 6.25. The van der Waals surface area contributed by atoms with Crippen molar-refractivity contribution in [1.29, 1.82) is 0 Å². The molecule has 2 aliphatic rings. The molecule has 2 N–H and O–H groups in total. The third-order valence-corrected chi connectivity index (χ3v) is 7.35. The lowest BCUT2D eigenvalue weighted by Gasteiger charge is -2.44. The minimum absolute atomic E-state index is 0.180. The number of ketones is 2. The Kier molecular flexibility index (Phi) is 9.34. The van der Waals surface area contributed by atoms with E-state index < -0.39 is 28.7 Å². The summed E-state index contributed by atoms with van der Waals surface area (Å²) in [5, 5.41) is 20.6. The Morgan fingerprint density at radius 1 is 1.16 bits per heavy atom. The third kappa shape index (κ3) is 6.41. The van der Waals surface area contributed by atoms with Crippen molar-refractivity contribution in [3.63, 3.8) is 0 Å². The first-order valence-electron chi connectivity index (χ1n) is 12.9. The summed E-state index contributed by atoms with van der Waals surface area (Å²) in [6, 6.07) is 0. The van der Waals surface area contributed by atoms with Gasteiger partial charge in [0.1, 0.15) is 22.7 Å². The van der Waals surface area contributed by atoms with E-state index in [9.17, 15) is 24.6 Å². The van der Waals surface area contributed by atoms with Gasteiger partial charge in [-0.3, -0.25) is 9.59 Å². The predicted octanol–water partition coefficient (Wildman–Crippen LogP) is 6.96. The minimum Gasteiger partial charge on any atom is -0.506 e. The molecule has 0 aromatic rings. The van der Waals surface area contributed by atoms with Crippen molar-refractivity contribution in [2.45, 2.75) is 86.7 Å². The molecule has 0 saturated heterocycles.